The molecule has 2 nitrogen and oxygen atoms in total. The van der Waals surface area contributed by atoms with Gasteiger partial charge in [-0.15, -0.1) is 0 Å². The Kier molecular flexibility index (Phi) is 5.76. The molecular weight excluding hydrogens is 290 g/mol. The number of halogens is 6. The number of rotatable bonds is 1. The number of hydrogen-bond acceptors (Lipinski definition) is 2. The van der Waals surface area contributed by atoms with E-state index in [2.05, 4.69) is 0 Å². The van der Waals surface area contributed by atoms with Gasteiger partial charge in [-0.1, -0.05) is 30.3 Å². The number of benzene rings is 1. The third kappa shape index (κ3) is 4.84. The molecule has 8 heteroatoms. The van der Waals surface area contributed by atoms with E-state index in [9.17, 15) is 31.1 Å². The van der Waals surface area contributed by atoms with Crippen LogP contribution in [0.3, 0.4) is 0 Å². The highest BCUT2D eigenvalue weighted by atomic mass is 19.4. The lowest BCUT2D eigenvalue weighted by Crippen LogP contribution is -2.54. The van der Waals surface area contributed by atoms with Gasteiger partial charge in [0.1, 0.15) is 0 Å². The fourth-order valence-corrected chi connectivity index (χ4v) is 0.834. The number of aliphatic hydroxyl groups is 1. The van der Waals surface area contributed by atoms with Crippen molar-refractivity contribution in [3.63, 3.8) is 0 Å². The molecular formula is C12H12F6O2. The normalized spacial score (nSPS) is 12.4. The lowest BCUT2D eigenvalue weighted by molar-refractivity contribution is -0.360. The quantitative estimate of drug-likeness (QED) is 0.633. The molecule has 0 aromatic heterocycles. The molecule has 0 saturated heterocycles. The second-order valence-electron chi connectivity index (χ2n) is 3.99. The highest BCUT2D eigenvalue weighted by Gasteiger charge is 2.67. The summed E-state index contributed by atoms with van der Waals surface area (Å²) >= 11 is 0. The van der Waals surface area contributed by atoms with E-state index in [-0.39, 0.29) is 12.7 Å². The largest absolute Gasteiger partial charge is 0.425 e. The molecule has 0 spiro atoms. The zero-order valence-electron chi connectivity index (χ0n) is 10.5. The molecule has 0 amide bonds. The number of ketones is 1. The van der Waals surface area contributed by atoms with E-state index in [1.807, 2.05) is 30.3 Å². The summed E-state index contributed by atoms with van der Waals surface area (Å²) in [6, 6.07) is 9.23. The van der Waals surface area contributed by atoms with E-state index in [0.717, 1.165) is 5.56 Å². The Morgan fingerprint density at radius 1 is 0.950 bits per heavy atom. The van der Waals surface area contributed by atoms with Crippen molar-refractivity contribution in [3.05, 3.63) is 35.9 Å². The molecule has 0 heterocycles. The predicted octanol–water partition coefficient (Wildman–Crippen LogP) is 3.75. The molecule has 0 radical (unpaired) electrons. The third-order valence-corrected chi connectivity index (χ3v) is 2.28. The lowest BCUT2D eigenvalue weighted by atomic mass is 10.1. The molecule has 0 atom stereocenters. The van der Waals surface area contributed by atoms with Crippen molar-refractivity contribution in [3.8, 4) is 0 Å². The van der Waals surface area contributed by atoms with Crippen LogP contribution in [0.15, 0.2) is 30.3 Å². The van der Waals surface area contributed by atoms with Crippen LogP contribution in [0.5, 0.6) is 0 Å². The molecule has 0 aliphatic carbocycles. The van der Waals surface area contributed by atoms with E-state index in [1.54, 1.807) is 6.92 Å². The Hall–Kier alpha value is -1.57. The Morgan fingerprint density at radius 2 is 1.30 bits per heavy atom. The summed E-state index contributed by atoms with van der Waals surface area (Å²) in [6.07, 6.45) is -11.4. The number of alkyl halides is 6. The maximum Gasteiger partial charge on any atom is 0.425 e. The molecule has 0 saturated carbocycles. The molecule has 0 aliphatic rings. The van der Waals surface area contributed by atoms with Crippen LogP contribution < -0.4 is 0 Å². The van der Waals surface area contributed by atoms with Gasteiger partial charge < -0.3 is 5.11 Å². The first-order valence-electron chi connectivity index (χ1n) is 5.22. The van der Waals surface area contributed by atoms with Gasteiger partial charge in [-0.05, 0) is 13.8 Å². The molecule has 1 aromatic carbocycles. The lowest BCUT2D eigenvalue weighted by Gasteiger charge is -2.28. The van der Waals surface area contributed by atoms with Crippen LogP contribution in [0.4, 0.5) is 26.3 Å². The van der Waals surface area contributed by atoms with E-state index in [0.29, 0.717) is 0 Å². The first kappa shape index (κ1) is 18.4. The fraction of sp³-hybridized carbons (Fsp3) is 0.417. The summed E-state index contributed by atoms with van der Waals surface area (Å²) in [7, 11) is 0. The van der Waals surface area contributed by atoms with Gasteiger partial charge in [0, 0.05) is 5.56 Å². The average molecular weight is 302 g/mol. The van der Waals surface area contributed by atoms with Gasteiger partial charge in [0.25, 0.3) is 5.60 Å². The molecule has 0 unspecified atom stereocenters. The number of carbonyl (C=O) groups is 1. The Balaban J connectivity index is 0.000000367. The zero-order valence-corrected chi connectivity index (χ0v) is 10.5. The number of Topliss-reactive ketones (excluding diaryl/α,β-unsaturated/α-hetero) is 1. The van der Waals surface area contributed by atoms with Crippen LogP contribution in [-0.2, 0) is 0 Å². The second kappa shape index (κ2) is 6.25. The van der Waals surface area contributed by atoms with Gasteiger partial charge in [-0.25, -0.2) is 0 Å². The van der Waals surface area contributed by atoms with E-state index in [1.165, 1.54) is 0 Å². The highest BCUT2D eigenvalue weighted by molar-refractivity contribution is 5.93. The van der Waals surface area contributed by atoms with Gasteiger partial charge in [0.2, 0.25) is 0 Å². The summed E-state index contributed by atoms with van der Waals surface area (Å²) in [5.41, 5.74) is -3.85. The van der Waals surface area contributed by atoms with Gasteiger partial charge in [-0.3, -0.25) is 4.79 Å². The topological polar surface area (TPSA) is 37.3 Å². The molecule has 20 heavy (non-hydrogen) atoms. The summed E-state index contributed by atoms with van der Waals surface area (Å²) in [5.74, 6) is 0.121. The van der Waals surface area contributed by atoms with Crippen LogP contribution in [0.2, 0.25) is 0 Å². The van der Waals surface area contributed by atoms with Crippen molar-refractivity contribution in [2.75, 3.05) is 0 Å². The van der Waals surface area contributed by atoms with Gasteiger partial charge >= 0.3 is 12.4 Å². The monoisotopic (exact) mass is 302 g/mol. The van der Waals surface area contributed by atoms with Crippen LogP contribution in [0.1, 0.15) is 24.2 Å². The van der Waals surface area contributed by atoms with Crippen LogP contribution in [0.25, 0.3) is 0 Å². The van der Waals surface area contributed by atoms with Gasteiger partial charge in [0.15, 0.2) is 5.78 Å². The third-order valence-electron chi connectivity index (χ3n) is 2.28. The van der Waals surface area contributed by atoms with Crippen molar-refractivity contribution in [2.45, 2.75) is 31.8 Å². The summed E-state index contributed by atoms with van der Waals surface area (Å²) < 4.78 is 68.2. The molecule has 0 fully saturated rings. The van der Waals surface area contributed by atoms with Crippen molar-refractivity contribution in [1.82, 2.24) is 0 Å². The number of carbonyl (C=O) groups excluding carboxylic acids is 1. The molecule has 1 aromatic rings. The molecule has 1 N–H and O–H groups in total. The number of hydrogen-bond donors (Lipinski definition) is 1. The van der Waals surface area contributed by atoms with Crippen molar-refractivity contribution >= 4 is 5.78 Å². The smallest absolute Gasteiger partial charge is 0.374 e. The summed E-state index contributed by atoms with van der Waals surface area (Å²) in [6.45, 7) is 1.22. The maximum absolute atomic E-state index is 11.4. The minimum atomic E-state index is -5.69. The van der Waals surface area contributed by atoms with Crippen LogP contribution in [0, 0.1) is 0 Å². The minimum absolute atomic E-state index is 0.121. The highest BCUT2D eigenvalue weighted by Crippen LogP contribution is 2.42. The fourth-order valence-electron chi connectivity index (χ4n) is 0.834. The predicted molar refractivity (Wildman–Crippen MR) is 59.2 cm³/mol. The second-order valence-corrected chi connectivity index (χ2v) is 3.99. The first-order chi connectivity index (χ1) is 8.80. The average Bonchev–Trinajstić information content (AvgIpc) is 2.28. The maximum atomic E-state index is 11.4. The Morgan fingerprint density at radius 3 is 1.45 bits per heavy atom. The van der Waals surface area contributed by atoms with Gasteiger partial charge in [0.05, 0.1) is 0 Å². The summed E-state index contributed by atoms with van der Waals surface area (Å²) in [5, 5.41) is 7.94. The first-order valence-corrected chi connectivity index (χ1v) is 5.22. The summed E-state index contributed by atoms with van der Waals surface area (Å²) in [4.78, 5) is 10.6. The van der Waals surface area contributed by atoms with Gasteiger partial charge in [-0.2, -0.15) is 26.3 Å². The molecule has 114 valence electrons. The van der Waals surface area contributed by atoms with Crippen molar-refractivity contribution in [1.29, 1.82) is 0 Å². The van der Waals surface area contributed by atoms with Crippen LogP contribution >= 0.6 is 0 Å². The van der Waals surface area contributed by atoms with Crippen molar-refractivity contribution < 1.29 is 36.2 Å². The standard InChI is InChI=1S/C8H8O.C4H4F6O/c1-7(9)8-5-3-2-4-6-8;1-2(11,3(5,6)7)4(8,9)10/h2-6H,1H3;11H,1H3. The van der Waals surface area contributed by atoms with Crippen molar-refractivity contribution in [2.24, 2.45) is 0 Å². The minimum Gasteiger partial charge on any atom is -0.374 e. The molecule has 1 rings (SSSR count). The molecule has 0 bridgehead atoms. The van der Waals surface area contributed by atoms with E-state index < -0.39 is 18.0 Å². The van der Waals surface area contributed by atoms with Crippen LogP contribution in [-0.4, -0.2) is 28.8 Å². The Bertz CT molecular complexity index is 418. The zero-order chi connectivity index (χ0) is 16.2. The van der Waals surface area contributed by atoms with E-state index in [4.69, 9.17) is 5.11 Å². The molecule has 0 aliphatic heterocycles. The van der Waals surface area contributed by atoms with E-state index >= 15 is 0 Å². The SMILES string of the molecule is CC(=O)c1ccccc1.CC(O)(C(F)(F)F)C(F)(F)F. The Labute approximate surface area is 111 Å².